The van der Waals surface area contributed by atoms with Crippen LogP contribution in [0.4, 0.5) is 10.5 Å². The third-order valence-electron chi connectivity index (χ3n) is 6.06. The van der Waals surface area contributed by atoms with E-state index < -0.39 is 16.1 Å². The Morgan fingerprint density at radius 3 is 2.45 bits per heavy atom. The number of H-pyrrole nitrogens is 1. The van der Waals surface area contributed by atoms with Gasteiger partial charge in [-0.25, -0.2) is 17.9 Å². The normalized spacial score (nSPS) is 11.3. The third-order valence-corrected chi connectivity index (χ3v) is 7.40. The summed E-state index contributed by atoms with van der Waals surface area (Å²) in [5, 5.41) is 6.42. The Balaban J connectivity index is 1.34. The fourth-order valence-electron chi connectivity index (χ4n) is 4.15. The molecule has 0 bridgehead atoms. The average Bonchev–Trinajstić information content (AvgIpc) is 3.28. The van der Waals surface area contributed by atoms with Crippen molar-refractivity contribution in [1.82, 2.24) is 20.0 Å². The van der Waals surface area contributed by atoms with Crippen molar-refractivity contribution in [3.8, 4) is 11.4 Å². The molecular formula is C28H31N5O4S. The highest BCUT2D eigenvalue weighted by Crippen LogP contribution is 2.30. The van der Waals surface area contributed by atoms with Crippen LogP contribution in [0, 0.1) is 0 Å². The van der Waals surface area contributed by atoms with Crippen LogP contribution in [0.15, 0.2) is 77.8 Å². The van der Waals surface area contributed by atoms with Gasteiger partial charge in [0.05, 0.1) is 16.3 Å². The van der Waals surface area contributed by atoms with E-state index in [-0.39, 0.29) is 10.8 Å². The summed E-state index contributed by atoms with van der Waals surface area (Å²) in [4.78, 5) is 32.3. The molecule has 0 fully saturated rings. The number of nitrogens with zero attached hydrogens (tertiary/aromatic N) is 1. The van der Waals surface area contributed by atoms with Gasteiger partial charge in [-0.3, -0.25) is 9.78 Å². The number of fused-ring (bicyclic) bond motifs is 1. The quantitative estimate of drug-likeness (QED) is 0.202. The van der Waals surface area contributed by atoms with Gasteiger partial charge in [0.1, 0.15) is 0 Å². The molecule has 0 aliphatic heterocycles. The lowest BCUT2D eigenvalue weighted by Crippen LogP contribution is -2.39. The molecule has 2 heterocycles. The molecule has 0 atom stereocenters. The highest BCUT2D eigenvalue weighted by Gasteiger charge is 2.18. The third kappa shape index (κ3) is 6.77. The second kappa shape index (κ2) is 12.4. The number of carbonyl (C=O) groups is 2. The first kappa shape index (κ1) is 26.9. The van der Waals surface area contributed by atoms with Crippen molar-refractivity contribution in [1.29, 1.82) is 0 Å². The zero-order chi connectivity index (χ0) is 27.0. The van der Waals surface area contributed by atoms with E-state index in [0.29, 0.717) is 31.5 Å². The van der Waals surface area contributed by atoms with Crippen molar-refractivity contribution >= 4 is 38.6 Å². The van der Waals surface area contributed by atoms with Gasteiger partial charge >= 0.3 is 6.03 Å². The van der Waals surface area contributed by atoms with Gasteiger partial charge in [-0.2, -0.15) is 0 Å². The van der Waals surface area contributed by atoms with Gasteiger partial charge in [-0.1, -0.05) is 37.6 Å². The average molecular weight is 534 g/mol. The van der Waals surface area contributed by atoms with Crippen LogP contribution in [0.2, 0.25) is 0 Å². The second-order valence-corrected chi connectivity index (χ2v) is 10.6. The first-order valence-electron chi connectivity index (χ1n) is 12.6. The summed E-state index contributed by atoms with van der Waals surface area (Å²) in [6.07, 6.45) is 5.00. The smallest absolute Gasteiger partial charge is 0.328 e. The number of urea groups is 1. The second-order valence-electron chi connectivity index (χ2n) is 8.88. The zero-order valence-electron chi connectivity index (χ0n) is 21.2. The largest absolute Gasteiger partial charge is 0.353 e. The molecular weight excluding hydrogens is 502 g/mol. The molecule has 0 aliphatic rings. The number of hydrogen-bond acceptors (Lipinski definition) is 5. The van der Waals surface area contributed by atoms with E-state index in [1.54, 1.807) is 6.20 Å². The number of amides is 3. The number of nitrogens with one attached hydrogen (secondary N) is 4. The highest BCUT2D eigenvalue weighted by molar-refractivity contribution is 7.90. The molecule has 198 valence electrons. The minimum atomic E-state index is -4.01. The van der Waals surface area contributed by atoms with Gasteiger partial charge in [0.15, 0.2) is 0 Å². The molecule has 10 heteroatoms. The summed E-state index contributed by atoms with van der Waals surface area (Å²) in [7, 11) is -4.01. The van der Waals surface area contributed by atoms with Crippen LogP contribution in [0.25, 0.3) is 22.3 Å². The van der Waals surface area contributed by atoms with E-state index in [2.05, 4.69) is 26.7 Å². The molecule has 0 saturated carbocycles. The molecule has 0 aliphatic carbocycles. The summed E-state index contributed by atoms with van der Waals surface area (Å²) in [6, 6.07) is 18.8. The van der Waals surface area contributed by atoms with Gasteiger partial charge < -0.3 is 15.6 Å². The number of aromatic amines is 1. The van der Waals surface area contributed by atoms with Crippen molar-refractivity contribution in [2.75, 3.05) is 11.9 Å². The van der Waals surface area contributed by atoms with E-state index in [0.717, 1.165) is 40.7 Å². The lowest BCUT2D eigenvalue weighted by atomic mass is 10.0. The van der Waals surface area contributed by atoms with Gasteiger partial charge in [-0.05, 0) is 67.3 Å². The number of aromatic nitrogens is 2. The predicted molar refractivity (Wildman–Crippen MR) is 148 cm³/mol. The summed E-state index contributed by atoms with van der Waals surface area (Å²) in [5.74, 6) is -0.173. The van der Waals surface area contributed by atoms with E-state index in [9.17, 15) is 18.0 Å². The van der Waals surface area contributed by atoms with Crippen LogP contribution in [0.3, 0.4) is 0 Å². The molecule has 0 radical (unpaired) electrons. The fraction of sp³-hybridized carbons (Fsp3) is 0.250. The van der Waals surface area contributed by atoms with Crippen molar-refractivity contribution in [2.24, 2.45) is 0 Å². The number of rotatable bonds is 11. The molecule has 2 aromatic heterocycles. The van der Waals surface area contributed by atoms with Crippen LogP contribution in [-0.4, -0.2) is 36.9 Å². The van der Waals surface area contributed by atoms with Gasteiger partial charge in [0.25, 0.3) is 10.0 Å². The summed E-state index contributed by atoms with van der Waals surface area (Å²) < 4.78 is 26.8. The van der Waals surface area contributed by atoms with Gasteiger partial charge in [-0.15, -0.1) is 0 Å². The maximum atomic E-state index is 12.6. The van der Waals surface area contributed by atoms with Crippen LogP contribution in [0.5, 0.6) is 0 Å². The summed E-state index contributed by atoms with van der Waals surface area (Å²) in [5.41, 5.74) is 4.42. The van der Waals surface area contributed by atoms with Gasteiger partial charge in [0.2, 0.25) is 5.91 Å². The van der Waals surface area contributed by atoms with Crippen molar-refractivity contribution < 1.29 is 18.0 Å². The van der Waals surface area contributed by atoms with Crippen LogP contribution < -0.4 is 15.4 Å². The maximum Gasteiger partial charge on any atom is 0.328 e. The van der Waals surface area contributed by atoms with Crippen LogP contribution >= 0.6 is 0 Å². The number of carbonyl (C=O) groups excluding carboxylic acids is 2. The van der Waals surface area contributed by atoms with Crippen LogP contribution in [-0.2, 0) is 21.2 Å². The number of unbranched alkanes of at least 4 members (excludes halogenated alkanes) is 1. The summed E-state index contributed by atoms with van der Waals surface area (Å²) >= 11 is 0. The Morgan fingerprint density at radius 2 is 1.71 bits per heavy atom. The SMILES string of the molecule is CCCCNC(=O)NS(=O)(=O)c1ccc(NC(=O)CCCc2c(-c3ccccn3)[nH]c3ccccc23)cc1. The van der Waals surface area contributed by atoms with Crippen molar-refractivity contribution in [3.05, 3.63) is 78.5 Å². The standard InChI is InChI=1S/C28H31N5O4S/c1-2-3-18-30-28(35)33-38(36,37)21-16-14-20(15-17-21)31-26(34)13-8-10-23-22-9-4-5-11-24(22)32-27(23)25-12-6-7-19-29-25/h4-7,9,11-12,14-17,19,32H,2-3,8,10,13,18H2,1H3,(H,31,34)(H2,30,33,35). The molecule has 9 nitrogen and oxygen atoms in total. The monoisotopic (exact) mass is 533 g/mol. The molecule has 2 aromatic carbocycles. The Kier molecular flexibility index (Phi) is 8.75. The lowest BCUT2D eigenvalue weighted by Gasteiger charge is -2.10. The Hall–Kier alpha value is -4.18. The first-order valence-corrected chi connectivity index (χ1v) is 14.1. The molecule has 0 saturated heterocycles. The number of hydrogen-bond donors (Lipinski definition) is 4. The molecule has 4 aromatic rings. The minimum absolute atomic E-state index is 0.0671. The minimum Gasteiger partial charge on any atom is -0.353 e. The Labute approximate surface area is 222 Å². The van der Waals surface area contributed by atoms with E-state index in [1.807, 2.05) is 48.0 Å². The first-order chi connectivity index (χ1) is 18.4. The Morgan fingerprint density at radius 1 is 0.947 bits per heavy atom. The number of sulfonamides is 1. The lowest BCUT2D eigenvalue weighted by molar-refractivity contribution is -0.116. The molecule has 4 N–H and O–H groups in total. The highest BCUT2D eigenvalue weighted by atomic mass is 32.2. The number of anilines is 1. The number of benzene rings is 2. The molecule has 4 rings (SSSR count). The fourth-order valence-corrected chi connectivity index (χ4v) is 5.08. The number of aryl methyl sites for hydroxylation is 1. The van der Waals surface area contributed by atoms with E-state index in [1.165, 1.54) is 24.3 Å². The van der Waals surface area contributed by atoms with Crippen molar-refractivity contribution in [2.45, 2.75) is 43.9 Å². The molecule has 0 spiro atoms. The van der Waals surface area contributed by atoms with Crippen molar-refractivity contribution in [3.63, 3.8) is 0 Å². The van der Waals surface area contributed by atoms with Crippen LogP contribution in [0.1, 0.15) is 38.2 Å². The predicted octanol–water partition coefficient (Wildman–Crippen LogP) is 4.98. The van der Waals surface area contributed by atoms with Gasteiger partial charge in [0, 0.05) is 35.8 Å². The molecule has 0 unspecified atom stereocenters. The maximum absolute atomic E-state index is 12.6. The van der Waals surface area contributed by atoms with E-state index >= 15 is 0 Å². The number of pyridine rings is 1. The topological polar surface area (TPSA) is 133 Å². The Bertz CT molecular complexity index is 1500. The summed E-state index contributed by atoms with van der Waals surface area (Å²) in [6.45, 7) is 2.37. The zero-order valence-corrected chi connectivity index (χ0v) is 22.0. The van der Waals surface area contributed by atoms with E-state index in [4.69, 9.17) is 0 Å². The molecule has 3 amide bonds. The molecule has 38 heavy (non-hydrogen) atoms. The number of para-hydroxylation sites is 1.